The van der Waals surface area contributed by atoms with Crippen molar-refractivity contribution in [2.24, 2.45) is 0 Å². The van der Waals surface area contributed by atoms with Gasteiger partial charge in [0.05, 0.1) is 9.95 Å². The number of halogens is 3. The molecule has 1 amide bonds. The Balaban J connectivity index is 2.04. The molecule has 0 unspecified atom stereocenters. The number of carbonyl (C=O) groups excluding carboxylic acids is 1. The number of hydrogen-bond donors (Lipinski definition) is 1. The SMILES string of the molecule is Cc1cc(Cl)cc(Cl)c1OCC(=O)Nc1ccc(F)c([N+](=O)[O-])c1. The maximum Gasteiger partial charge on any atom is 0.306 e. The van der Waals surface area contributed by atoms with Crippen LogP contribution in [0.5, 0.6) is 5.75 Å². The molecule has 24 heavy (non-hydrogen) atoms. The molecule has 0 aromatic heterocycles. The molecular weight excluding hydrogens is 362 g/mol. The maximum absolute atomic E-state index is 13.2. The average Bonchev–Trinajstić information content (AvgIpc) is 2.47. The highest BCUT2D eigenvalue weighted by Crippen LogP contribution is 2.31. The lowest BCUT2D eigenvalue weighted by atomic mass is 10.2. The number of anilines is 1. The van der Waals surface area contributed by atoms with Crippen molar-refractivity contribution in [1.29, 1.82) is 0 Å². The third-order valence-electron chi connectivity index (χ3n) is 2.97. The van der Waals surface area contributed by atoms with Crippen LogP contribution in [0.4, 0.5) is 15.8 Å². The number of amides is 1. The molecular formula is C15H11Cl2FN2O4. The first-order chi connectivity index (χ1) is 11.3. The van der Waals surface area contributed by atoms with Gasteiger partial charge in [-0.25, -0.2) is 0 Å². The van der Waals surface area contributed by atoms with Gasteiger partial charge >= 0.3 is 5.69 Å². The lowest BCUT2D eigenvalue weighted by Crippen LogP contribution is -2.20. The van der Waals surface area contributed by atoms with Crippen LogP contribution in [0, 0.1) is 22.9 Å². The fourth-order valence-electron chi connectivity index (χ4n) is 1.94. The molecule has 126 valence electrons. The number of aryl methyl sites for hydroxylation is 1. The Hall–Kier alpha value is -2.38. The number of nitro groups is 1. The highest BCUT2D eigenvalue weighted by Gasteiger charge is 2.16. The molecule has 0 saturated carbocycles. The Labute approximate surface area is 146 Å². The minimum absolute atomic E-state index is 0.0793. The van der Waals surface area contributed by atoms with E-state index >= 15 is 0 Å². The molecule has 0 atom stereocenters. The first-order valence-electron chi connectivity index (χ1n) is 6.60. The van der Waals surface area contributed by atoms with Gasteiger partial charge in [0.2, 0.25) is 5.82 Å². The van der Waals surface area contributed by atoms with E-state index in [0.717, 1.165) is 12.1 Å². The Morgan fingerprint density at radius 1 is 1.33 bits per heavy atom. The zero-order valence-corrected chi connectivity index (χ0v) is 13.8. The summed E-state index contributed by atoms with van der Waals surface area (Å²) in [5, 5.41) is 13.7. The van der Waals surface area contributed by atoms with E-state index in [2.05, 4.69) is 5.32 Å². The first-order valence-corrected chi connectivity index (χ1v) is 7.35. The number of nitro benzene ring substituents is 1. The minimum atomic E-state index is -0.988. The molecule has 1 N–H and O–H groups in total. The summed E-state index contributed by atoms with van der Waals surface area (Å²) in [5.74, 6) is -1.26. The molecule has 2 aromatic carbocycles. The predicted molar refractivity (Wildman–Crippen MR) is 88.4 cm³/mol. The van der Waals surface area contributed by atoms with Crippen molar-refractivity contribution < 1.29 is 18.8 Å². The molecule has 0 aliphatic rings. The highest BCUT2D eigenvalue weighted by molar-refractivity contribution is 6.35. The zero-order valence-electron chi connectivity index (χ0n) is 12.3. The number of ether oxygens (including phenoxy) is 1. The molecule has 2 aromatic rings. The molecule has 0 saturated heterocycles. The Kier molecular flexibility index (Phi) is 5.58. The van der Waals surface area contributed by atoms with E-state index in [-0.39, 0.29) is 17.3 Å². The second kappa shape index (κ2) is 7.46. The Morgan fingerprint density at radius 3 is 2.67 bits per heavy atom. The van der Waals surface area contributed by atoms with Crippen LogP contribution in [0.1, 0.15) is 5.56 Å². The second-order valence-corrected chi connectivity index (χ2v) is 5.64. The number of carbonyl (C=O) groups is 1. The molecule has 2 rings (SSSR count). The van der Waals surface area contributed by atoms with E-state index in [1.165, 1.54) is 12.1 Å². The van der Waals surface area contributed by atoms with Crippen molar-refractivity contribution in [3.8, 4) is 5.75 Å². The lowest BCUT2D eigenvalue weighted by molar-refractivity contribution is -0.387. The normalized spacial score (nSPS) is 10.3. The summed E-state index contributed by atoms with van der Waals surface area (Å²) in [4.78, 5) is 21.7. The molecule has 0 heterocycles. The van der Waals surface area contributed by atoms with Crippen LogP contribution in [-0.2, 0) is 4.79 Å². The van der Waals surface area contributed by atoms with Crippen molar-refractivity contribution in [2.75, 3.05) is 11.9 Å². The summed E-state index contributed by atoms with van der Waals surface area (Å²) in [6.07, 6.45) is 0. The van der Waals surface area contributed by atoms with Gasteiger partial charge in [-0.2, -0.15) is 4.39 Å². The zero-order chi connectivity index (χ0) is 17.9. The standard InChI is InChI=1S/C15H11Cl2FN2O4/c1-8-4-9(16)5-11(17)15(8)24-7-14(21)19-10-2-3-12(18)13(6-10)20(22)23/h2-6H,7H2,1H3,(H,19,21). The molecule has 0 aliphatic carbocycles. The topological polar surface area (TPSA) is 81.5 Å². The highest BCUT2D eigenvalue weighted by atomic mass is 35.5. The summed E-state index contributed by atoms with van der Waals surface area (Å²) in [6.45, 7) is 1.34. The van der Waals surface area contributed by atoms with Crippen molar-refractivity contribution in [3.05, 3.63) is 61.9 Å². The number of nitrogens with zero attached hydrogens (tertiary/aromatic N) is 1. The second-order valence-electron chi connectivity index (χ2n) is 4.79. The van der Waals surface area contributed by atoms with E-state index in [4.69, 9.17) is 27.9 Å². The number of nitrogens with one attached hydrogen (secondary N) is 1. The average molecular weight is 373 g/mol. The summed E-state index contributed by atoms with van der Waals surface area (Å²) in [5.41, 5.74) is -0.00125. The van der Waals surface area contributed by atoms with Crippen LogP contribution in [0.15, 0.2) is 30.3 Å². The van der Waals surface area contributed by atoms with E-state index in [1.807, 2.05) is 0 Å². The van der Waals surface area contributed by atoms with Crippen molar-refractivity contribution in [1.82, 2.24) is 0 Å². The monoisotopic (exact) mass is 372 g/mol. The van der Waals surface area contributed by atoms with Gasteiger partial charge in [0.1, 0.15) is 5.75 Å². The number of hydrogen-bond acceptors (Lipinski definition) is 4. The van der Waals surface area contributed by atoms with Crippen LogP contribution in [0.3, 0.4) is 0 Å². The molecule has 6 nitrogen and oxygen atoms in total. The van der Waals surface area contributed by atoms with Crippen molar-refractivity contribution in [2.45, 2.75) is 6.92 Å². The molecule has 0 bridgehead atoms. The predicted octanol–water partition coefficient (Wildman–Crippen LogP) is 4.37. The lowest BCUT2D eigenvalue weighted by Gasteiger charge is -2.11. The third-order valence-corrected chi connectivity index (χ3v) is 3.47. The number of benzene rings is 2. The fraction of sp³-hybridized carbons (Fsp3) is 0.133. The van der Waals surface area contributed by atoms with Gasteiger partial charge in [0.15, 0.2) is 6.61 Å². The molecule has 0 radical (unpaired) electrons. The van der Waals surface area contributed by atoms with E-state index in [0.29, 0.717) is 16.3 Å². The smallest absolute Gasteiger partial charge is 0.306 e. The van der Waals surface area contributed by atoms with Crippen LogP contribution < -0.4 is 10.1 Å². The van der Waals surface area contributed by atoms with E-state index < -0.39 is 22.3 Å². The molecule has 0 spiro atoms. The Morgan fingerprint density at radius 2 is 2.04 bits per heavy atom. The quantitative estimate of drug-likeness (QED) is 0.624. The van der Waals surface area contributed by atoms with Gasteiger partial charge in [0.25, 0.3) is 5.91 Å². The number of rotatable bonds is 5. The van der Waals surface area contributed by atoms with Gasteiger partial charge in [-0.15, -0.1) is 0 Å². The van der Waals surface area contributed by atoms with Gasteiger partial charge in [-0.1, -0.05) is 23.2 Å². The van der Waals surface area contributed by atoms with Gasteiger partial charge in [-0.05, 0) is 36.8 Å². The van der Waals surface area contributed by atoms with Crippen LogP contribution in [-0.4, -0.2) is 17.4 Å². The van der Waals surface area contributed by atoms with Gasteiger partial charge in [-0.3, -0.25) is 14.9 Å². The summed E-state index contributed by atoms with van der Waals surface area (Å²) in [6, 6.07) is 6.14. The van der Waals surface area contributed by atoms with Gasteiger partial charge < -0.3 is 10.1 Å². The van der Waals surface area contributed by atoms with E-state index in [9.17, 15) is 19.3 Å². The van der Waals surface area contributed by atoms with Crippen LogP contribution in [0.2, 0.25) is 10.0 Å². The summed E-state index contributed by atoms with van der Waals surface area (Å²) < 4.78 is 18.6. The Bertz CT molecular complexity index is 791. The third kappa shape index (κ3) is 4.33. The fourth-order valence-corrected chi connectivity index (χ4v) is 2.59. The van der Waals surface area contributed by atoms with Crippen LogP contribution in [0.25, 0.3) is 0 Å². The van der Waals surface area contributed by atoms with Crippen molar-refractivity contribution in [3.63, 3.8) is 0 Å². The van der Waals surface area contributed by atoms with Gasteiger partial charge in [0, 0.05) is 16.8 Å². The summed E-state index contributed by atoms with van der Waals surface area (Å²) in [7, 11) is 0. The van der Waals surface area contributed by atoms with E-state index in [1.54, 1.807) is 13.0 Å². The molecule has 9 heteroatoms. The first kappa shape index (κ1) is 18.0. The maximum atomic E-state index is 13.2. The van der Waals surface area contributed by atoms with Crippen LogP contribution >= 0.6 is 23.2 Å². The minimum Gasteiger partial charge on any atom is -0.482 e. The largest absolute Gasteiger partial charge is 0.482 e. The summed E-state index contributed by atoms with van der Waals surface area (Å²) >= 11 is 11.8. The van der Waals surface area contributed by atoms with Crippen molar-refractivity contribution >= 4 is 40.5 Å². The molecule has 0 fully saturated rings. The molecule has 0 aliphatic heterocycles.